The second kappa shape index (κ2) is 13.8. The lowest BCUT2D eigenvalue weighted by Crippen LogP contribution is -2.09. The van der Waals surface area contributed by atoms with Crippen molar-refractivity contribution in [2.24, 2.45) is 10.9 Å². The maximum Gasteiger partial charge on any atom is 0.0785 e. The third-order valence-electron chi connectivity index (χ3n) is 10.6. The predicted molar refractivity (Wildman–Crippen MR) is 222 cm³/mol. The van der Waals surface area contributed by atoms with Gasteiger partial charge in [0.15, 0.2) is 0 Å². The highest BCUT2D eigenvalue weighted by Gasteiger charge is 2.25. The number of rotatable bonds is 6. The topological polar surface area (TPSA) is 12.4 Å². The van der Waals surface area contributed by atoms with Crippen molar-refractivity contribution in [2.45, 2.75) is 19.4 Å². The van der Waals surface area contributed by atoms with E-state index in [2.05, 4.69) is 201 Å². The third-order valence-corrected chi connectivity index (χ3v) is 10.6. The van der Waals surface area contributed by atoms with E-state index >= 15 is 0 Å². The first-order valence-corrected chi connectivity index (χ1v) is 18.3. The maximum atomic E-state index is 5.52. The van der Waals surface area contributed by atoms with Gasteiger partial charge < -0.3 is 0 Å². The maximum absolute atomic E-state index is 5.52. The van der Waals surface area contributed by atoms with Crippen LogP contribution in [0.4, 0.5) is 0 Å². The molecule has 2 atom stereocenters. The summed E-state index contributed by atoms with van der Waals surface area (Å²) in [7, 11) is 0. The lowest BCUT2D eigenvalue weighted by molar-refractivity contribution is 0.487. The molecule has 0 radical (unpaired) electrons. The molecule has 1 aliphatic heterocycles. The lowest BCUT2D eigenvalue weighted by atomic mass is 9.87. The van der Waals surface area contributed by atoms with Crippen LogP contribution in [0.15, 0.2) is 199 Å². The molecule has 248 valence electrons. The first kappa shape index (κ1) is 31.7. The molecule has 0 saturated carbocycles. The molecule has 0 amide bonds. The second-order valence-corrected chi connectivity index (χ2v) is 14.0. The Labute approximate surface area is 306 Å². The Morgan fingerprint density at radius 1 is 0.404 bits per heavy atom. The van der Waals surface area contributed by atoms with Gasteiger partial charge in [0.25, 0.3) is 0 Å². The van der Waals surface area contributed by atoms with Gasteiger partial charge in [0.1, 0.15) is 0 Å². The number of benzene rings is 8. The van der Waals surface area contributed by atoms with Gasteiger partial charge in [-0.3, -0.25) is 4.99 Å². The largest absolute Gasteiger partial charge is 0.276 e. The van der Waals surface area contributed by atoms with Crippen molar-refractivity contribution in [1.29, 1.82) is 0 Å². The SMILES string of the molecule is C[C@H]1CC(c2ccccc2)=CC(c2ccc(-c3cccc(-c4ccc5c(ccc6ccccc65)c4)c3)cc2)=NC1c1ccc(-c2ccccc2)cc1. The van der Waals surface area contributed by atoms with Crippen molar-refractivity contribution in [3.05, 3.63) is 211 Å². The highest BCUT2D eigenvalue weighted by Crippen LogP contribution is 2.38. The molecule has 0 saturated heterocycles. The molecule has 1 aliphatic rings. The molecule has 52 heavy (non-hydrogen) atoms. The number of fused-ring (bicyclic) bond motifs is 3. The second-order valence-electron chi connectivity index (χ2n) is 14.0. The number of aliphatic imine (C=N–C) groups is 1. The van der Waals surface area contributed by atoms with E-state index in [0.29, 0.717) is 5.92 Å². The van der Waals surface area contributed by atoms with Crippen molar-refractivity contribution in [2.75, 3.05) is 0 Å². The van der Waals surface area contributed by atoms with E-state index in [9.17, 15) is 0 Å². The van der Waals surface area contributed by atoms with E-state index in [0.717, 1.165) is 17.7 Å². The summed E-state index contributed by atoms with van der Waals surface area (Å²) in [6.45, 7) is 2.34. The summed E-state index contributed by atoms with van der Waals surface area (Å²) in [4.78, 5) is 5.52. The fourth-order valence-corrected chi connectivity index (χ4v) is 7.82. The molecule has 1 nitrogen and oxygen atoms in total. The lowest BCUT2D eigenvalue weighted by Gasteiger charge is -2.21. The highest BCUT2D eigenvalue weighted by molar-refractivity contribution is 6.13. The average Bonchev–Trinajstić information content (AvgIpc) is 3.40. The Kier molecular flexibility index (Phi) is 8.39. The highest BCUT2D eigenvalue weighted by atomic mass is 14.8. The summed E-state index contributed by atoms with van der Waals surface area (Å²) in [5, 5.41) is 5.13. The minimum Gasteiger partial charge on any atom is -0.276 e. The molecule has 0 bridgehead atoms. The van der Waals surface area contributed by atoms with Gasteiger partial charge in [-0.15, -0.1) is 0 Å². The summed E-state index contributed by atoms with van der Waals surface area (Å²) in [6, 6.07) is 68.3. The summed E-state index contributed by atoms with van der Waals surface area (Å²) in [5.41, 5.74) is 13.3. The normalized spacial score (nSPS) is 15.9. The Balaban J connectivity index is 1.04. The van der Waals surface area contributed by atoms with Crippen LogP contribution in [0.5, 0.6) is 0 Å². The summed E-state index contributed by atoms with van der Waals surface area (Å²) < 4.78 is 0. The monoisotopic (exact) mass is 665 g/mol. The molecule has 0 spiro atoms. The summed E-state index contributed by atoms with van der Waals surface area (Å²) in [6.07, 6.45) is 3.28. The van der Waals surface area contributed by atoms with E-state index in [1.165, 1.54) is 71.6 Å². The van der Waals surface area contributed by atoms with Crippen LogP contribution in [0.25, 0.3) is 60.5 Å². The Hall–Kier alpha value is -6.31. The van der Waals surface area contributed by atoms with Gasteiger partial charge in [0.2, 0.25) is 0 Å². The predicted octanol–water partition coefficient (Wildman–Crippen LogP) is 13.6. The van der Waals surface area contributed by atoms with Gasteiger partial charge in [-0.05, 0) is 108 Å². The smallest absolute Gasteiger partial charge is 0.0785 e. The van der Waals surface area contributed by atoms with Gasteiger partial charge in [0, 0.05) is 0 Å². The Bertz CT molecular complexity index is 2580. The van der Waals surface area contributed by atoms with Crippen LogP contribution in [-0.4, -0.2) is 5.71 Å². The Morgan fingerprint density at radius 3 is 1.69 bits per heavy atom. The van der Waals surface area contributed by atoms with Crippen LogP contribution in [0.2, 0.25) is 0 Å². The van der Waals surface area contributed by atoms with Gasteiger partial charge in [-0.25, -0.2) is 0 Å². The molecule has 1 heteroatoms. The first-order chi connectivity index (χ1) is 25.7. The average molecular weight is 666 g/mol. The van der Waals surface area contributed by atoms with Crippen LogP contribution < -0.4 is 0 Å². The third kappa shape index (κ3) is 6.27. The molecule has 0 aliphatic carbocycles. The van der Waals surface area contributed by atoms with E-state index in [1.807, 2.05) is 0 Å². The fourth-order valence-electron chi connectivity index (χ4n) is 7.82. The van der Waals surface area contributed by atoms with Gasteiger partial charge >= 0.3 is 0 Å². The minimum atomic E-state index is 0.0496. The number of hydrogen-bond donors (Lipinski definition) is 0. The van der Waals surface area contributed by atoms with Gasteiger partial charge in [-0.1, -0.05) is 183 Å². The van der Waals surface area contributed by atoms with E-state index in [-0.39, 0.29) is 6.04 Å². The molecule has 9 rings (SSSR count). The standard InChI is InChI=1S/C51H39N/c1-35-31-47(37-13-6-3-7-14-37)34-50(52-51(35)42-26-21-38(22-27-42)36-11-4-2-5-12-36)41-24-19-39(20-25-41)43-16-10-17-44(32-43)45-29-30-49-46(33-45)28-23-40-15-8-9-18-48(40)49/h2-30,32-35,51H,31H2,1H3/t35-,51?/m0/s1. The molecular formula is C51H39N. The number of allylic oxidation sites excluding steroid dienone is 2. The van der Waals surface area contributed by atoms with Gasteiger partial charge in [-0.2, -0.15) is 0 Å². The van der Waals surface area contributed by atoms with Crippen LogP contribution in [-0.2, 0) is 0 Å². The number of hydrogen-bond acceptors (Lipinski definition) is 1. The van der Waals surface area contributed by atoms with Crippen LogP contribution >= 0.6 is 0 Å². The molecule has 0 fully saturated rings. The molecule has 0 N–H and O–H groups in total. The van der Waals surface area contributed by atoms with Crippen molar-refractivity contribution >= 4 is 32.8 Å². The van der Waals surface area contributed by atoms with E-state index in [4.69, 9.17) is 4.99 Å². The summed E-state index contributed by atoms with van der Waals surface area (Å²) in [5.74, 6) is 0.336. The van der Waals surface area contributed by atoms with Crippen molar-refractivity contribution < 1.29 is 0 Å². The number of nitrogens with zero attached hydrogens (tertiary/aromatic N) is 1. The minimum absolute atomic E-state index is 0.0496. The van der Waals surface area contributed by atoms with Crippen molar-refractivity contribution in [3.8, 4) is 33.4 Å². The molecule has 1 heterocycles. The first-order valence-electron chi connectivity index (χ1n) is 18.3. The quantitative estimate of drug-likeness (QED) is 0.157. The fraction of sp³-hybridized carbons (Fsp3) is 0.0784. The van der Waals surface area contributed by atoms with Crippen molar-refractivity contribution in [3.63, 3.8) is 0 Å². The Morgan fingerprint density at radius 2 is 0.923 bits per heavy atom. The van der Waals surface area contributed by atoms with Crippen LogP contribution in [0.3, 0.4) is 0 Å². The molecular weight excluding hydrogens is 627 g/mol. The van der Waals surface area contributed by atoms with E-state index in [1.54, 1.807) is 0 Å². The molecule has 8 aromatic rings. The van der Waals surface area contributed by atoms with Gasteiger partial charge in [0.05, 0.1) is 11.8 Å². The summed E-state index contributed by atoms with van der Waals surface area (Å²) >= 11 is 0. The van der Waals surface area contributed by atoms with E-state index < -0.39 is 0 Å². The zero-order valence-corrected chi connectivity index (χ0v) is 29.3. The zero-order chi connectivity index (χ0) is 34.9. The zero-order valence-electron chi connectivity index (χ0n) is 29.3. The molecule has 0 aromatic heterocycles. The van der Waals surface area contributed by atoms with Crippen LogP contribution in [0, 0.1) is 5.92 Å². The molecule has 1 unspecified atom stereocenters. The van der Waals surface area contributed by atoms with Crippen LogP contribution in [0.1, 0.15) is 36.1 Å². The molecule has 8 aromatic carbocycles. The van der Waals surface area contributed by atoms with Crippen molar-refractivity contribution in [1.82, 2.24) is 0 Å².